The summed E-state index contributed by atoms with van der Waals surface area (Å²) in [6.45, 7) is 0. The largest absolute Gasteiger partial charge is 0.480 e. The fourth-order valence-electron chi connectivity index (χ4n) is 1.75. The predicted molar refractivity (Wildman–Crippen MR) is 83.9 cm³/mol. The van der Waals surface area contributed by atoms with Gasteiger partial charge in [0.05, 0.1) is 10.0 Å². The first-order chi connectivity index (χ1) is 9.58. The fraction of sp³-hybridized carbons (Fsp3) is 0.133. The van der Waals surface area contributed by atoms with Gasteiger partial charge in [-0.1, -0.05) is 53.5 Å². The van der Waals surface area contributed by atoms with Crippen molar-refractivity contribution in [2.24, 2.45) is 0 Å². The third-order valence-electron chi connectivity index (χ3n) is 2.73. The minimum Gasteiger partial charge on any atom is -0.480 e. The van der Waals surface area contributed by atoms with Gasteiger partial charge in [-0.25, -0.2) is 0 Å². The minimum absolute atomic E-state index is 0.328. The molecule has 0 unspecified atom stereocenters. The molecule has 0 spiro atoms. The van der Waals surface area contributed by atoms with E-state index in [-0.39, 0.29) is 0 Å². The number of carboxylic acid groups (broad SMARTS) is 1. The van der Waals surface area contributed by atoms with Gasteiger partial charge in [0.1, 0.15) is 5.25 Å². The molecule has 0 aliphatic heterocycles. The lowest BCUT2D eigenvalue weighted by Gasteiger charge is -2.13. The van der Waals surface area contributed by atoms with Crippen LogP contribution in [0.4, 0.5) is 0 Å². The number of aliphatic carboxylic acids is 1. The van der Waals surface area contributed by atoms with E-state index in [0.29, 0.717) is 16.5 Å². The molecule has 1 N–H and O–H groups in total. The second-order valence-electron chi connectivity index (χ2n) is 4.17. The van der Waals surface area contributed by atoms with E-state index in [4.69, 9.17) is 23.2 Å². The Hall–Kier alpha value is -1.16. The van der Waals surface area contributed by atoms with E-state index in [2.05, 4.69) is 0 Å². The van der Waals surface area contributed by atoms with Crippen LogP contribution in [0.15, 0.2) is 53.4 Å². The van der Waals surface area contributed by atoms with Crippen LogP contribution in [0.5, 0.6) is 0 Å². The molecule has 0 saturated heterocycles. The predicted octanol–water partition coefficient (Wildman–Crippen LogP) is 4.78. The first-order valence-corrected chi connectivity index (χ1v) is 7.59. The van der Waals surface area contributed by atoms with Crippen molar-refractivity contribution in [3.05, 3.63) is 64.1 Å². The summed E-state index contributed by atoms with van der Waals surface area (Å²) >= 11 is 13.4. The maximum atomic E-state index is 11.4. The standard InChI is InChI=1S/C15H12Cl2O2S/c16-12-8-4-5-10(14(12)17)9-13(15(18)19)20-11-6-2-1-3-7-11/h1-8,13H,9H2,(H,18,19)/t13-/m0/s1. The lowest BCUT2D eigenvalue weighted by Crippen LogP contribution is -2.19. The van der Waals surface area contributed by atoms with Gasteiger partial charge in [0, 0.05) is 4.90 Å². The second-order valence-corrected chi connectivity index (χ2v) is 6.24. The SMILES string of the molecule is O=C(O)[C@H](Cc1cccc(Cl)c1Cl)Sc1ccccc1. The molecule has 0 radical (unpaired) electrons. The summed E-state index contributed by atoms with van der Waals surface area (Å²) in [5.41, 5.74) is 0.745. The van der Waals surface area contributed by atoms with E-state index in [9.17, 15) is 9.90 Å². The zero-order valence-corrected chi connectivity index (χ0v) is 12.8. The lowest BCUT2D eigenvalue weighted by atomic mass is 10.1. The maximum absolute atomic E-state index is 11.4. The maximum Gasteiger partial charge on any atom is 0.317 e. The second kappa shape index (κ2) is 7.02. The van der Waals surface area contributed by atoms with Gasteiger partial charge in [0.15, 0.2) is 0 Å². The highest BCUT2D eigenvalue weighted by molar-refractivity contribution is 8.00. The first kappa shape index (κ1) is 15.2. The molecule has 0 aliphatic rings. The van der Waals surface area contributed by atoms with E-state index in [1.165, 1.54) is 11.8 Å². The molecule has 0 bridgehead atoms. The highest BCUT2D eigenvalue weighted by atomic mass is 35.5. The number of carbonyl (C=O) groups is 1. The summed E-state index contributed by atoms with van der Waals surface area (Å²) in [4.78, 5) is 12.3. The van der Waals surface area contributed by atoms with Crippen LogP contribution < -0.4 is 0 Å². The van der Waals surface area contributed by atoms with Crippen molar-refractivity contribution < 1.29 is 9.90 Å². The molecule has 2 rings (SSSR count). The Morgan fingerprint density at radius 3 is 2.45 bits per heavy atom. The van der Waals surface area contributed by atoms with Crippen LogP contribution in [0.1, 0.15) is 5.56 Å². The molecule has 0 amide bonds. The molecule has 0 heterocycles. The topological polar surface area (TPSA) is 37.3 Å². The highest BCUT2D eigenvalue weighted by Gasteiger charge is 2.21. The summed E-state index contributed by atoms with van der Waals surface area (Å²) in [7, 11) is 0. The molecule has 20 heavy (non-hydrogen) atoms. The van der Waals surface area contributed by atoms with Gasteiger partial charge in [0.25, 0.3) is 0 Å². The van der Waals surface area contributed by atoms with Gasteiger partial charge in [-0.05, 0) is 30.2 Å². The van der Waals surface area contributed by atoms with Gasteiger partial charge >= 0.3 is 5.97 Å². The average Bonchev–Trinajstić information content (AvgIpc) is 2.44. The number of hydrogen-bond donors (Lipinski definition) is 1. The summed E-state index contributed by atoms with van der Waals surface area (Å²) in [5, 5.41) is 9.62. The molecule has 0 aromatic heterocycles. The van der Waals surface area contributed by atoms with Crippen molar-refractivity contribution in [1.29, 1.82) is 0 Å². The van der Waals surface area contributed by atoms with Crippen molar-refractivity contribution in [3.63, 3.8) is 0 Å². The number of hydrogen-bond acceptors (Lipinski definition) is 2. The Morgan fingerprint density at radius 2 is 1.80 bits per heavy atom. The third kappa shape index (κ3) is 3.92. The molecule has 1 atom stereocenters. The van der Waals surface area contributed by atoms with Gasteiger partial charge in [0.2, 0.25) is 0 Å². The van der Waals surface area contributed by atoms with E-state index in [1.807, 2.05) is 30.3 Å². The third-order valence-corrected chi connectivity index (χ3v) is 4.79. The van der Waals surface area contributed by atoms with E-state index < -0.39 is 11.2 Å². The molecule has 104 valence electrons. The molecule has 5 heteroatoms. The van der Waals surface area contributed by atoms with E-state index >= 15 is 0 Å². The molecule has 2 aromatic carbocycles. The minimum atomic E-state index is -0.866. The number of carboxylic acids is 1. The van der Waals surface area contributed by atoms with Gasteiger partial charge in [-0.2, -0.15) is 0 Å². The number of thioether (sulfide) groups is 1. The van der Waals surface area contributed by atoms with Crippen molar-refractivity contribution >= 4 is 40.9 Å². The fourth-order valence-corrected chi connectivity index (χ4v) is 3.15. The molecule has 2 aromatic rings. The van der Waals surface area contributed by atoms with Gasteiger partial charge in [-0.15, -0.1) is 11.8 Å². The summed E-state index contributed by atoms with van der Waals surface area (Å²) < 4.78 is 0. The molecule has 0 aliphatic carbocycles. The summed E-state index contributed by atoms with van der Waals surface area (Å²) in [6, 6.07) is 14.7. The molecule has 0 fully saturated rings. The van der Waals surface area contributed by atoms with Crippen molar-refractivity contribution in [2.75, 3.05) is 0 Å². The monoisotopic (exact) mass is 326 g/mol. The van der Waals surface area contributed by atoms with Crippen LogP contribution in [-0.2, 0) is 11.2 Å². The Bertz CT molecular complexity index is 602. The van der Waals surface area contributed by atoms with Crippen molar-refractivity contribution in [2.45, 2.75) is 16.6 Å². The van der Waals surface area contributed by atoms with Crippen LogP contribution >= 0.6 is 35.0 Å². The molecular formula is C15H12Cl2O2S. The van der Waals surface area contributed by atoms with Crippen LogP contribution in [0.25, 0.3) is 0 Å². The number of halogens is 2. The van der Waals surface area contributed by atoms with Gasteiger partial charge < -0.3 is 5.11 Å². The molecular weight excluding hydrogens is 315 g/mol. The lowest BCUT2D eigenvalue weighted by molar-refractivity contribution is -0.136. The molecule has 2 nitrogen and oxygen atoms in total. The Labute approximate surface area is 131 Å². The van der Waals surface area contributed by atoms with Gasteiger partial charge in [-0.3, -0.25) is 4.79 Å². The summed E-state index contributed by atoms with van der Waals surface area (Å²) in [5.74, 6) is -0.866. The van der Waals surface area contributed by atoms with E-state index in [1.54, 1.807) is 18.2 Å². The Balaban J connectivity index is 2.18. The van der Waals surface area contributed by atoms with Crippen LogP contribution in [0, 0.1) is 0 Å². The Kier molecular flexibility index (Phi) is 5.35. The Morgan fingerprint density at radius 1 is 1.10 bits per heavy atom. The van der Waals surface area contributed by atoms with E-state index in [0.717, 1.165) is 10.5 Å². The summed E-state index contributed by atoms with van der Waals surface area (Å²) in [6.07, 6.45) is 0.328. The van der Waals surface area contributed by atoms with Crippen LogP contribution in [-0.4, -0.2) is 16.3 Å². The zero-order valence-electron chi connectivity index (χ0n) is 10.4. The zero-order chi connectivity index (χ0) is 14.5. The normalized spacial score (nSPS) is 12.1. The van der Waals surface area contributed by atoms with Crippen LogP contribution in [0.2, 0.25) is 10.0 Å². The smallest absolute Gasteiger partial charge is 0.317 e. The first-order valence-electron chi connectivity index (χ1n) is 5.95. The van der Waals surface area contributed by atoms with Crippen LogP contribution in [0.3, 0.4) is 0 Å². The number of benzene rings is 2. The van der Waals surface area contributed by atoms with Crippen molar-refractivity contribution in [1.82, 2.24) is 0 Å². The average molecular weight is 327 g/mol. The quantitative estimate of drug-likeness (QED) is 0.803. The highest BCUT2D eigenvalue weighted by Crippen LogP contribution is 2.31. The number of rotatable bonds is 5. The molecule has 0 saturated carbocycles. The van der Waals surface area contributed by atoms with Crippen molar-refractivity contribution in [3.8, 4) is 0 Å².